The van der Waals surface area contributed by atoms with Crippen molar-refractivity contribution >= 4 is 45.7 Å². The number of carbonyl (C=O) groups is 2. The number of benzene rings is 1. The van der Waals surface area contributed by atoms with Crippen LogP contribution < -0.4 is 16.0 Å². The number of urea groups is 1. The van der Waals surface area contributed by atoms with E-state index in [-0.39, 0.29) is 11.9 Å². The van der Waals surface area contributed by atoms with Crippen LogP contribution in [-0.2, 0) is 11.2 Å². The van der Waals surface area contributed by atoms with Gasteiger partial charge in [0.2, 0.25) is 5.91 Å². The molecule has 1 heterocycles. The summed E-state index contributed by atoms with van der Waals surface area (Å²) in [6.07, 6.45) is 5.53. The van der Waals surface area contributed by atoms with Gasteiger partial charge in [0.05, 0.1) is 5.69 Å². The summed E-state index contributed by atoms with van der Waals surface area (Å²) in [5, 5.41) is 11.4. The summed E-state index contributed by atoms with van der Waals surface area (Å²) in [5.74, 6) is 0.0677. The monoisotopic (exact) mass is 392 g/mol. The van der Waals surface area contributed by atoms with Gasteiger partial charge in [-0.1, -0.05) is 30.5 Å². The van der Waals surface area contributed by atoms with Crippen molar-refractivity contribution < 1.29 is 9.59 Å². The van der Waals surface area contributed by atoms with Gasteiger partial charge < -0.3 is 10.6 Å². The van der Waals surface area contributed by atoms with E-state index in [1.807, 2.05) is 5.38 Å². The SMILES string of the molecule is O=C(CCc1csc(NC(=O)Nc2cccc(Cl)c2)n1)NC1CCCC1. The minimum Gasteiger partial charge on any atom is -0.353 e. The summed E-state index contributed by atoms with van der Waals surface area (Å²) in [4.78, 5) is 28.3. The van der Waals surface area contributed by atoms with E-state index in [1.165, 1.54) is 24.2 Å². The Labute approximate surface area is 161 Å². The first-order valence-corrected chi connectivity index (χ1v) is 9.91. The van der Waals surface area contributed by atoms with Gasteiger partial charge in [-0.2, -0.15) is 0 Å². The molecule has 2 aromatic rings. The highest BCUT2D eigenvalue weighted by molar-refractivity contribution is 7.13. The van der Waals surface area contributed by atoms with Crippen molar-refractivity contribution in [2.24, 2.45) is 0 Å². The quantitative estimate of drug-likeness (QED) is 0.679. The largest absolute Gasteiger partial charge is 0.353 e. The van der Waals surface area contributed by atoms with Crippen LogP contribution in [0.5, 0.6) is 0 Å². The molecule has 1 aliphatic rings. The lowest BCUT2D eigenvalue weighted by atomic mass is 10.2. The molecule has 1 fully saturated rings. The molecule has 1 saturated carbocycles. The van der Waals surface area contributed by atoms with Gasteiger partial charge in [-0.25, -0.2) is 9.78 Å². The number of rotatable bonds is 6. The summed E-state index contributed by atoms with van der Waals surface area (Å²) in [7, 11) is 0. The van der Waals surface area contributed by atoms with Crippen molar-refractivity contribution in [3.63, 3.8) is 0 Å². The fourth-order valence-corrected chi connectivity index (χ4v) is 3.85. The molecule has 1 aromatic carbocycles. The third kappa shape index (κ3) is 5.71. The molecular weight excluding hydrogens is 372 g/mol. The number of aromatic nitrogens is 1. The Hall–Kier alpha value is -2.12. The van der Waals surface area contributed by atoms with Crippen molar-refractivity contribution in [1.82, 2.24) is 10.3 Å². The molecule has 1 aliphatic carbocycles. The number of thiazole rings is 1. The molecule has 3 rings (SSSR count). The van der Waals surface area contributed by atoms with Crippen molar-refractivity contribution in [1.29, 1.82) is 0 Å². The van der Waals surface area contributed by atoms with Gasteiger partial charge in [0.25, 0.3) is 0 Å². The molecule has 0 spiro atoms. The Balaban J connectivity index is 1.43. The highest BCUT2D eigenvalue weighted by Crippen LogP contribution is 2.20. The fourth-order valence-electron chi connectivity index (χ4n) is 2.92. The van der Waals surface area contributed by atoms with Gasteiger partial charge in [-0.05, 0) is 37.5 Å². The van der Waals surface area contributed by atoms with Gasteiger partial charge in [0, 0.05) is 28.6 Å². The Bertz CT molecular complexity index is 774. The maximum Gasteiger partial charge on any atom is 0.325 e. The van der Waals surface area contributed by atoms with Crippen LogP contribution in [0.2, 0.25) is 5.02 Å². The summed E-state index contributed by atoms with van der Waals surface area (Å²) in [6, 6.07) is 6.87. The number of nitrogens with one attached hydrogen (secondary N) is 3. The molecule has 8 heteroatoms. The number of halogens is 1. The molecular formula is C18H21ClN4O2S. The minimum absolute atomic E-state index is 0.0677. The van der Waals surface area contributed by atoms with E-state index in [2.05, 4.69) is 20.9 Å². The van der Waals surface area contributed by atoms with Crippen LogP contribution in [-0.4, -0.2) is 23.0 Å². The lowest BCUT2D eigenvalue weighted by Gasteiger charge is -2.11. The number of amides is 3. The number of aryl methyl sites for hydroxylation is 1. The number of carbonyl (C=O) groups excluding carboxylic acids is 2. The molecule has 0 saturated heterocycles. The lowest BCUT2D eigenvalue weighted by Crippen LogP contribution is -2.32. The summed E-state index contributed by atoms with van der Waals surface area (Å²) in [5.41, 5.74) is 1.41. The smallest absolute Gasteiger partial charge is 0.325 e. The van der Waals surface area contributed by atoms with Crippen molar-refractivity contribution in [2.45, 2.75) is 44.6 Å². The van der Waals surface area contributed by atoms with E-state index in [9.17, 15) is 9.59 Å². The normalized spacial score (nSPS) is 14.2. The first-order valence-electron chi connectivity index (χ1n) is 8.66. The third-order valence-electron chi connectivity index (χ3n) is 4.18. The van der Waals surface area contributed by atoms with Crippen LogP contribution in [0.15, 0.2) is 29.6 Å². The zero-order valence-corrected chi connectivity index (χ0v) is 15.8. The average molecular weight is 393 g/mol. The molecule has 0 radical (unpaired) electrons. The first kappa shape index (κ1) is 18.7. The van der Waals surface area contributed by atoms with Crippen molar-refractivity contribution in [2.75, 3.05) is 10.6 Å². The summed E-state index contributed by atoms with van der Waals surface area (Å²) < 4.78 is 0. The van der Waals surface area contributed by atoms with E-state index < -0.39 is 0 Å². The van der Waals surface area contributed by atoms with Gasteiger partial charge >= 0.3 is 6.03 Å². The number of hydrogen-bond donors (Lipinski definition) is 3. The second kappa shape index (κ2) is 9.00. The van der Waals surface area contributed by atoms with E-state index in [0.29, 0.717) is 34.7 Å². The Morgan fingerprint density at radius 1 is 1.23 bits per heavy atom. The third-order valence-corrected chi connectivity index (χ3v) is 5.22. The molecule has 0 aliphatic heterocycles. The summed E-state index contributed by atoms with van der Waals surface area (Å²) >= 11 is 7.23. The molecule has 6 nitrogen and oxygen atoms in total. The Morgan fingerprint density at radius 2 is 2.04 bits per heavy atom. The summed E-state index contributed by atoms with van der Waals surface area (Å²) in [6.45, 7) is 0. The second-order valence-corrected chi connectivity index (χ2v) is 7.58. The molecule has 26 heavy (non-hydrogen) atoms. The average Bonchev–Trinajstić information content (AvgIpc) is 3.25. The van der Waals surface area contributed by atoms with Crippen LogP contribution >= 0.6 is 22.9 Å². The molecule has 3 amide bonds. The molecule has 0 bridgehead atoms. The van der Waals surface area contributed by atoms with E-state index in [0.717, 1.165) is 18.5 Å². The minimum atomic E-state index is -0.382. The van der Waals surface area contributed by atoms with E-state index >= 15 is 0 Å². The van der Waals surface area contributed by atoms with Crippen LogP contribution in [0.3, 0.4) is 0 Å². The molecule has 138 valence electrons. The molecule has 1 aromatic heterocycles. The maximum atomic E-state index is 12.0. The fraction of sp³-hybridized carbons (Fsp3) is 0.389. The lowest BCUT2D eigenvalue weighted by molar-refractivity contribution is -0.121. The number of hydrogen-bond acceptors (Lipinski definition) is 4. The van der Waals surface area contributed by atoms with E-state index in [4.69, 9.17) is 11.6 Å². The highest BCUT2D eigenvalue weighted by Gasteiger charge is 2.17. The van der Waals surface area contributed by atoms with Crippen LogP contribution in [0.1, 0.15) is 37.8 Å². The van der Waals surface area contributed by atoms with Gasteiger partial charge in [0.15, 0.2) is 5.13 Å². The molecule has 0 atom stereocenters. The molecule has 3 N–H and O–H groups in total. The van der Waals surface area contributed by atoms with E-state index in [1.54, 1.807) is 24.3 Å². The standard InChI is InChI=1S/C18H21ClN4O2S/c19-12-4-3-7-14(10-12)21-17(25)23-18-22-15(11-26-18)8-9-16(24)20-13-5-1-2-6-13/h3-4,7,10-11,13H,1-2,5-6,8-9H2,(H,20,24)(H2,21,22,23,25). The molecule has 0 unspecified atom stereocenters. The maximum absolute atomic E-state index is 12.0. The van der Waals surface area contributed by atoms with Crippen LogP contribution in [0, 0.1) is 0 Å². The topological polar surface area (TPSA) is 83.1 Å². The van der Waals surface area contributed by atoms with Gasteiger partial charge in [0.1, 0.15) is 0 Å². The zero-order valence-electron chi connectivity index (χ0n) is 14.3. The van der Waals surface area contributed by atoms with Gasteiger partial charge in [-0.3, -0.25) is 10.1 Å². The predicted octanol–water partition coefficient (Wildman–Crippen LogP) is 4.43. The van der Waals surface area contributed by atoms with Gasteiger partial charge in [-0.15, -0.1) is 11.3 Å². The first-order chi connectivity index (χ1) is 12.6. The Kier molecular flexibility index (Phi) is 6.46. The van der Waals surface area contributed by atoms with Crippen molar-refractivity contribution in [3.8, 4) is 0 Å². The van der Waals surface area contributed by atoms with Crippen LogP contribution in [0.25, 0.3) is 0 Å². The highest BCUT2D eigenvalue weighted by atomic mass is 35.5. The number of nitrogens with zero attached hydrogens (tertiary/aromatic N) is 1. The predicted molar refractivity (Wildman–Crippen MR) is 105 cm³/mol. The zero-order chi connectivity index (χ0) is 18.4. The second-order valence-electron chi connectivity index (χ2n) is 6.28. The van der Waals surface area contributed by atoms with Crippen LogP contribution in [0.4, 0.5) is 15.6 Å². The number of anilines is 2. The van der Waals surface area contributed by atoms with Crippen molar-refractivity contribution in [3.05, 3.63) is 40.4 Å². The Morgan fingerprint density at radius 3 is 2.81 bits per heavy atom.